The highest BCUT2D eigenvalue weighted by Gasteiger charge is 2.14. The molecule has 5 N–H and O–H groups in total. The maximum absolute atomic E-state index is 12.6. The Morgan fingerprint density at radius 1 is 0.973 bits per heavy atom. The third-order valence-corrected chi connectivity index (χ3v) is 6.21. The van der Waals surface area contributed by atoms with Gasteiger partial charge in [0, 0.05) is 18.2 Å². The number of aliphatic hydroxyl groups excluding tert-OH is 2. The molecule has 3 aromatic rings. The zero-order valence-electron chi connectivity index (χ0n) is 21.5. The molecule has 3 rings (SSSR count). The van der Waals surface area contributed by atoms with E-state index >= 15 is 0 Å². The van der Waals surface area contributed by atoms with Crippen LogP contribution in [0.1, 0.15) is 40.8 Å². The Morgan fingerprint density at radius 3 is 2.32 bits per heavy atom. The third kappa shape index (κ3) is 7.95. The zero-order valence-corrected chi connectivity index (χ0v) is 21.5. The summed E-state index contributed by atoms with van der Waals surface area (Å²) in [4.78, 5) is 12.6. The molecule has 0 saturated heterocycles. The number of hydrogen-bond acceptors (Lipinski definition) is 7. The fraction of sp³-hybridized carbons (Fsp3) is 0.345. The smallest absolute Gasteiger partial charge is 0.224 e. The van der Waals surface area contributed by atoms with E-state index in [4.69, 9.17) is 9.47 Å². The van der Waals surface area contributed by atoms with E-state index in [0.29, 0.717) is 35.7 Å². The summed E-state index contributed by atoms with van der Waals surface area (Å²) in [7, 11) is 3.17. The fourth-order valence-corrected chi connectivity index (χ4v) is 4.20. The van der Waals surface area contributed by atoms with E-state index in [1.54, 1.807) is 26.4 Å². The number of amides is 1. The van der Waals surface area contributed by atoms with Crippen molar-refractivity contribution in [1.82, 2.24) is 10.6 Å². The largest absolute Gasteiger partial charge is 0.508 e. The van der Waals surface area contributed by atoms with Crippen LogP contribution >= 0.6 is 0 Å². The molecule has 3 aromatic carbocycles. The molecule has 8 nitrogen and oxygen atoms in total. The predicted molar refractivity (Wildman–Crippen MR) is 142 cm³/mol. The van der Waals surface area contributed by atoms with E-state index in [2.05, 4.69) is 10.6 Å². The highest BCUT2D eigenvalue weighted by atomic mass is 16.5. The van der Waals surface area contributed by atoms with Crippen molar-refractivity contribution in [2.24, 2.45) is 0 Å². The van der Waals surface area contributed by atoms with Crippen LogP contribution in [-0.2, 0) is 30.8 Å². The number of methoxy groups -OCH3 is 2. The molecule has 0 spiro atoms. The van der Waals surface area contributed by atoms with E-state index in [1.165, 1.54) is 6.07 Å². The topological polar surface area (TPSA) is 120 Å². The van der Waals surface area contributed by atoms with Gasteiger partial charge in [-0.05, 0) is 54.3 Å². The Bertz CT molecular complexity index is 1160. The summed E-state index contributed by atoms with van der Waals surface area (Å²) < 4.78 is 10.8. The summed E-state index contributed by atoms with van der Waals surface area (Å²) >= 11 is 0. The summed E-state index contributed by atoms with van der Waals surface area (Å²) in [5, 5.41) is 35.8. The van der Waals surface area contributed by atoms with Crippen molar-refractivity contribution in [2.75, 3.05) is 20.8 Å². The van der Waals surface area contributed by atoms with Crippen LogP contribution < -0.4 is 20.1 Å². The highest BCUT2D eigenvalue weighted by molar-refractivity contribution is 5.78. The molecule has 0 saturated carbocycles. The molecule has 0 aromatic heterocycles. The number of phenols is 1. The molecular weight excluding hydrogens is 472 g/mol. The highest BCUT2D eigenvalue weighted by Crippen LogP contribution is 2.28. The van der Waals surface area contributed by atoms with Crippen LogP contribution in [0.4, 0.5) is 0 Å². The van der Waals surface area contributed by atoms with Gasteiger partial charge in [-0.3, -0.25) is 4.79 Å². The molecule has 0 aliphatic rings. The first-order valence-electron chi connectivity index (χ1n) is 12.2. The van der Waals surface area contributed by atoms with Crippen LogP contribution in [0.2, 0.25) is 0 Å². The Kier molecular flexibility index (Phi) is 10.3. The van der Waals surface area contributed by atoms with Crippen LogP contribution in [0.15, 0.2) is 60.7 Å². The summed E-state index contributed by atoms with van der Waals surface area (Å²) in [5.74, 6) is 1.23. The molecule has 0 aliphatic heterocycles. The van der Waals surface area contributed by atoms with Crippen LogP contribution in [-0.4, -0.2) is 48.0 Å². The Balaban J connectivity index is 1.51. The molecule has 0 bridgehead atoms. The molecule has 0 fully saturated rings. The van der Waals surface area contributed by atoms with Gasteiger partial charge in [-0.25, -0.2) is 0 Å². The van der Waals surface area contributed by atoms with Crippen LogP contribution in [0.3, 0.4) is 0 Å². The van der Waals surface area contributed by atoms with Gasteiger partial charge in [0.05, 0.1) is 45.5 Å². The predicted octanol–water partition coefficient (Wildman–Crippen LogP) is 3.01. The van der Waals surface area contributed by atoms with Gasteiger partial charge in [-0.1, -0.05) is 36.4 Å². The van der Waals surface area contributed by atoms with Crippen molar-refractivity contribution < 1.29 is 29.6 Å². The minimum atomic E-state index is -0.773. The standard InChI is InChI=1S/C29H36N2O6/c1-19(30-17-26(34)22-10-11-25(33)23(15-22)18-32)12-20-6-4-7-21(13-20)14-29(35)31-16-24-27(36-2)8-5-9-28(24)37-3/h4-11,13,15,19,26,30,32-34H,12,14,16-18H2,1-3H3,(H,31,35)/t19-,26-/m1/s1. The van der Waals surface area contributed by atoms with Gasteiger partial charge in [0.1, 0.15) is 17.2 Å². The van der Waals surface area contributed by atoms with Crippen LogP contribution in [0.5, 0.6) is 17.2 Å². The Labute approximate surface area is 217 Å². The SMILES string of the molecule is COc1cccc(OC)c1CNC(=O)Cc1cccc(C[C@@H](C)NC[C@@H](O)c2ccc(O)c(CO)c2)c1. The molecule has 37 heavy (non-hydrogen) atoms. The third-order valence-electron chi connectivity index (χ3n) is 6.21. The van der Waals surface area contributed by atoms with E-state index in [9.17, 15) is 20.1 Å². The molecule has 2 atom stereocenters. The number of aromatic hydroxyl groups is 1. The second-order valence-corrected chi connectivity index (χ2v) is 8.99. The summed E-state index contributed by atoms with van der Waals surface area (Å²) in [6, 6.07) is 18.2. The van der Waals surface area contributed by atoms with Crippen molar-refractivity contribution in [1.29, 1.82) is 0 Å². The van der Waals surface area contributed by atoms with Gasteiger partial charge in [-0.2, -0.15) is 0 Å². The number of aliphatic hydroxyl groups is 2. The van der Waals surface area contributed by atoms with Crippen molar-refractivity contribution >= 4 is 5.91 Å². The number of carbonyl (C=O) groups is 1. The first-order chi connectivity index (χ1) is 17.8. The first kappa shape index (κ1) is 28.0. The lowest BCUT2D eigenvalue weighted by Gasteiger charge is -2.18. The maximum Gasteiger partial charge on any atom is 0.224 e. The minimum Gasteiger partial charge on any atom is -0.508 e. The lowest BCUT2D eigenvalue weighted by Crippen LogP contribution is -2.32. The van der Waals surface area contributed by atoms with Crippen molar-refractivity contribution in [3.63, 3.8) is 0 Å². The van der Waals surface area contributed by atoms with Gasteiger partial charge >= 0.3 is 0 Å². The average Bonchev–Trinajstić information content (AvgIpc) is 2.90. The molecule has 0 radical (unpaired) electrons. The quantitative estimate of drug-likeness (QED) is 0.241. The number of carbonyl (C=O) groups excluding carboxylic acids is 1. The Hall–Kier alpha value is -3.59. The number of rotatable bonds is 13. The van der Waals surface area contributed by atoms with Crippen molar-refractivity contribution in [3.8, 4) is 17.2 Å². The zero-order chi connectivity index (χ0) is 26.8. The summed E-state index contributed by atoms with van der Waals surface area (Å²) in [5.41, 5.74) is 3.79. The maximum atomic E-state index is 12.6. The average molecular weight is 509 g/mol. The fourth-order valence-electron chi connectivity index (χ4n) is 4.20. The monoisotopic (exact) mass is 508 g/mol. The van der Waals surface area contributed by atoms with Gasteiger partial charge in [0.25, 0.3) is 0 Å². The van der Waals surface area contributed by atoms with E-state index < -0.39 is 6.10 Å². The number of nitrogens with one attached hydrogen (secondary N) is 2. The van der Waals surface area contributed by atoms with Gasteiger partial charge in [-0.15, -0.1) is 0 Å². The van der Waals surface area contributed by atoms with Gasteiger partial charge < -0.3 is 35.4 Å². The van der Waals surface area contributed by atoms with Crippen LogP contribution in [0.25, 0.3) is 0 Å². The van der Waals surface area contributed by atoms with Crippen molar-refractivity contribution in [2.45, 2.75) is 45.1 Å². The second kappa shape index (κ2) is 13.6. The van der Waals surface area contributed by atoms with Crippen LogP contribution in [0, 0.1) is 0 Å². The lowest BCUT2D eigenvalue weighted by molar-refractivity contribution is -0.120. The number of hydrogen-bond donors (Lipinski definition) is 5. The molecule has 8 heteroatoms. The van der Waals surface area contributed by atoms with E-state index in [1.807, 2.05) is 49.4 Å². The minimum absolute atomic E-state index is 0.00728. The Morgan fingerprint density at radius 2 is 1.65 bits per heavy atom. The number of benzene rings is 3. The lowest BCUT2D eigenvalue weighted by atomic mass is 10.0. The molecule has 198 valence electrons. The van der Waals surface area contributed by atoms with E-state index in [-0.39, 0.29) is 30.7 Å². The van der Waals surface area contributed by atoms with Gasteiger partial charge in [0.2, 0.25) is 5.91 Å². The molecular formula is C29H36N2O6. The number of ether oxygens (including phenoxy) is 2. The normalized spacial score (nSPS) is 12.6. The summed E-state index contributed by atoms with van der Waals surface area (Å²) in [6.07, 6.45) is 0.197. The van der Waals surface area contributed by atoms with Gasteiger partial charge in [0.15, 0.2) is 0 Å². The van der Waals surface area contributed by atoms with E-state index in [0.717, 1.165) is 23.1 Å². The molecule has 0 heterocycles. The summed E-state index contributed by atoms with van der Waals surface area (Å²) in [6.45, 7) is 2.36. The molecule has 1 amide bonds. The molecule has 0 aliphatic carbocycles. The van der Waals surface area contributed by atoms with Crippen molar-refractivity contribution in [3.05, 3.63) is 88.5 Å². The second-order valence-electron chi connectivity index (χ2n) is 8.99. The first-order valence-corrected chi connectivity index (χ1v) is 12.2. The molecule has 0 unspecified atom stereocenters.